The number of nitrogens with zero attached hydrogens (tertiary/aromatic N) is 3. The molecular weight excluding hydrogens is 547 g/mol. The number of nitrogens with one attached hydrogen (secondary N) is 3. The lowest BCUT2D eigenvalue weighted by atomic mass is 10.0. The molecular formula is C29H35FN6O2S2. The van der Waals surface area contributed by atoms with Gasteiger partial charge in [-0.15, -0.1) is 11.3 Å². The Morgan fingerprint density at radius 1 is 1.07 bits per heavy atom. The van der Waals surface area contributed by atoms with Crippen LogP contribution in [0.2, 0.25) is 0 Å². The fraction of sp³-hybridized carbons (Fsp3) is 0.414. The summed E-state index contributed by atoms with van der Waals surface area (Å²) in [5.74, 6) is 1.22. The zero-order chi connectivity index (χ0) is 28.1. The topological polar surface area (TPSA) is 101 Å². The van der Waals surface area contributed by atoms with Crippen molar-refractivity contribution in [3.8, 4) is 11.6 Å². The van der Waals surface area contributed by atoms with Gasteiger partial charge in [0.25, 0.3) is 0 Å². The fourth-order valence-electron chi connectivity index (χ4n) is 4.68. The smallest absolute Gasteiger partial charge is 0.230 e. The van der Waals surface area contributed by atoms with Gasteiger partial charge in [-0.05, 0) is 59.1 Å². The minimum atomic E-state index is -1.29. The largest absolute Gasteiger partial charge is 0.437 e. The molecule has 212 valence electrons. The maximum Gasteiger partial charge on any atom is 0.230 e. The summed E-state index contributed by atoms with van der Waals surface area (Å²) in [6, 6.07) is 9.80. The van der Waals surface area contributed by atoms with E-state index in [9.17, 15) is 4.21 Å². The third kappa shape index (κ3) is 6.76. The maximum atomic E-state index is 15.2. The summed E-state index contributed by atoms with van der Waals surface area (Å²) in [6.07, 6.45) is 7.14. The lowest BCUT2D eigenvalue weighted by molar-refractivity contribution is 0.462. The van der Waals surface area contributed by atoms with Gasteiger partial charge in [0.2, 0.25) is 11.8 Å². The molecule has 0 bridgehead atoms. The van der Waals surface area contributed by atoms with Crippen LogP contribution >= 0.6 is 11.3 Å². The fourth-order valence-corrected chi connectivity index (χ4v) is 6.52. The quantitative estimate of drug-likeness (QED) is 0.231. The number of rotatable bonds is 7. The number of hydrogen-bond acceptors (Lipinski definition) is 8. The van der Waals surface area contributed by atoms with Crippen molar-refractivity contribution in [2.24, 2.45) is 0 Å². The highest BCUT2D eigenvalue weighted by atomic mass is 32.2. The van der Waals surface area contributed by atoms with Gasteiger partial charge in [0, 0.05) is 40.8 Å². The standard InChI is InChI=1S/C19H19FN2O2S2.C10H16N4/c1-11-17(20)18(22-26(23)13-6-5-7-13)14-8-3-4-9-15(14)19(11)24-16-10-25-12(2)21-16;1-8-4-6-12-10(13-8)14-9-3-2-5-11-7-9/h3-4,8-10,13,22H,5-7H2,1-2H3;4,6,9,11H,2-3,5,7H2,1H3,(H,12,13,14). The van der Waals surface area contributed by atoms with Crippen molar-refractivity contribution < 1.29 is 13.3 Å². The first-order valence-electron chi connectivity index (χ1n) is 13.6. The van der Waals surface area contributed by atoms with E-state index in [4.69, 9.17) is 4.74 Å². The highest BCUT2D eigenvalue weighted by molar-refractivity contribution is 7.87. The van der Waals surface area contributed by atoms with E-state index < -0.39 is 16.8 Å². The van der Waals surface area contributed by atoms with Crippen LogP contribution in [0.3, 0.4) is 0 Å². The second-order valence-electron chi connectivity index (χ2n) is 10.2. The van der Waals surface area contributed by atoms with Crippen molar-refractivity contribution in [1.29, 1.82) is 0 Å². The van der Waals surface area contributed by atoms with Crippen LogP contribution < -0.4 is 20.1 Å². The number of thiazole rings is 1. The van der Waals surface area contributed by atoms with Crippen molar-refractivity contribution >= 4 is 44.7 Å². The molecule has 1 aliphatic heterocycles. The molecule has 2 aliphatic rings. The van der Waals surface area contributed by atoms with Crippen LogP contribution in [-0.2, 0) is 11.0 Å². The zero-order valence-electron chi connectivity index (χ0n) is 23.0. The van der Waals surface area contributed by atoms with Crippen LogP contribution in [-0.4, -0.2) is 43.5 Å². The molecule has 4 aromatic rings. The summed E-state index contributed by atoms with van der Waals surface area (Å²) in [5, 5.41) is 10.9. The normalized spacial score (nSPS) is 17.9. The predicted molar refractivity (Wildman–Crippen MR) is 161 cm³/mol. The van der Waals surface area contributed by atoms with Gasteiger partial charge < -0.3 is 20.1 Å². The van der Waals surface area contributed by atoms with Crippen molar-refractivity contribution in [1.82, 2.24) is 20.3 Å². The number of ether oxygens (including phenoxy) is 1. The first kappa shape index (κ1) is 28.4. The van der Waals surface area contributed by atoms with E-state index >= 15 is 4.39 Å². The maximum absolute atomic E-state index is 15.2. The van der Waals surface area contributed by atoms with Gasteiger partial charge in [-0.25, -0.2) is 23.6 Å². The number of halogens is 1. The summed E-state index contributed by atoms with van der Waals surface area (Å²) in [6.45, 7) is 7.69. The number of benzene rings is 2. The average molecular weight is 583 g/mol. The molecule has 2 aromatic carbocycles. The van der Waals surface area contributed by atoms with Crippen LogP contribution in [0.5, 0.6) is 11.6 Å². The third-order valence-electron chi connectivity index (χ3n) is 7.12. The Morgan fingerprint density at radius 3 is 2.52 bits per heavy atom. The summed E-state index contributed by atoms with van der Waals surface area (Å²) < 4.78 is 36.5. The lowest BCUT2D eigenvalue weighted by Crippen LogP contribution is -2.38. The van der Waals surface area contributed by atoms with Gasteiger partial charge in [-0.2, -0.15) is 0 Å². The Balaban J connectivity index is 0.000000194. The van der Waals surface area contributed by atoms with Crippen LogP contribution in [0, 0.1) is 26.6 Å². The zero-order valence-corrected chi connectivity index (χ0v) is 24.6. The number of aromatic nitrogens is 3. The molecule has 3 N–H and O–H groups in total. The van der Waals surface area contributed by atoms with Crippen molar-refractivity contribution in [2.75, 3.05) is 23.1 Å². The number of aryl methyl sites for hydroxylation is 2. The number of piperidine rings is 1. The van der Waals surface area contributed by atoms with Crippen LogP contribution in [0.15, 0.2) is 41.9 Å². The second-order valence-corrected chi connectivity index (χ2v) is 12.7. The van der Waals surface area contributed by atoms with Crippen LogP contribution in [0.1, 0.15) is 48.4 Å². The van der Waals surface area contributed by atoms with E-state index in [-0.39, 0.29) is 10.9 Å². The van der Waals surface area contributed by atoms with Gasteiger partial charge in [0.1, 0.15) is 16.7 Å². The first-order valence-corrected chi connectivity index (χ1v) is 15.7. The highest BCUT2D eigenvalue weighted by Gasteiger charge is 2.27. The molecule has 6 rings (SSSR count). The summed E-state index contributed by atoms with van der Waals surface area (Å²) >= 11 is 1.48. The predicted octanol–water partition coefficient (Wildman–Crippen LogP) is 6.42. The Labute approximate surface area is 240 Å². The molecule has 0 amide bonds. The molecule has 2 aromatic heterocycles. The SMILES string of the molecule is Cc1ccnc(NC2CCCNC2)n1.Cc1nc(Oc2c(C)c(F)c(NS(=O)C3CCC3)c3ccccc23)cs1. The van der Waals surface area contributed by atoms with Gasteiger partial charge in [-0.3, -0.25) is 0 Å². The molecule has 8 nitrogen and oxygen atoms in total. The van der Waals surface area contributed by atoms with E-state index in [0.29, 0.717) is 28.6 Å². The van der Waals surface area contributed by atoms with E-state index in [2.05, 4.69) is 30.3 Å². The Kier molecular flexibility index (Phi) is 9.23. The van der Waals surface area contributed by atoms with Crippen LogP contribution in [0.4, 0.5) is 16.0 Å². The molecule has 1 saturated heterocycles. The van der Waals surface area contributed by atoms with E-state index in [1.54, 1.807) is 18.5 Å². The van der Waals surface area contributed by atoms with E-state index in [1.807, 2.05) is 44.2 Å². The molecule has 2 unspecified atom stereocenters. The molecule has 0 radical (unpaired) electrons. The summed E-state index contributed by atoms with van der Waals surface area (Å²) in [5.41, 5.74) is 1.67. The Hall–Kier alpha value is -3.15. The molecule has 1 saturated carbocycles. The van der Waals surface area contributed by atoms with Crippen molar-refractivity contribution in [2.45, 2.75) is 64.2 Å². The van der Waals surface area contributed by atoms with E-state index in [0.717, 1.165) is 54.4 Å². The number of fused-ring (bicyclic) bond motifs is 1. The third-order valence-corrected chi connectivity index (χ3v) is 9.35. The minimum Gasteiger partial charge on any atom is -0.437 e. The molecule has 2 fully saturated rings. The van der Waals surface area contributed by atoms with Crippen molar-refractivity contribution in [3.63, 3.8) is 0 Å². The summed E-state index contributed by atoms with van der Waals surface area (Å²) in [4.78, 5) is 12.8. The molecule has 0 spiro atoms. The molecule has 3 heterocycles. The van der Waals surface area contributed by atoms with Gasteiger partial charge in [0.05, 0.1) is 21.3 Å². The lowest BCUT2D eigenvalue weighted by Gasteiger charge is -2.25. The molecule has 2 atom stereocenters. The van der Waals surface area contributed by atoms with Crippen molar-refractivity contribution in [3.05, 3.63) is 64.0 Å². The number of anilines is 2. The summed E-state index contributed by atoms with van der Waals surface area (Å²) in [7, 11) is -1.29. The number of hydrogen-bond donors (Lipinski definition) is 3. The average Bonchev–Trinajstić information content (AvgIpc) is 3.33. The van der Waals surface area contributed by atoms with E-state index in [1.165, 1.54) is 24.2 Å². The molecule has 40 heavy (non-hydrogen) atoms. The van der Waals surface area contributed by atoms with Crippen LogP contribution in [0.25, 0.3) is 10.8 Å². The van der Waals surface area contributed by atoms with Gasteiger partial charge >= 0.3 is 0 Å². The Bertz CT molecular complexity index is 1490. The molecule has 1 aliphatic carbocycles. The highest BCUT2D eigenvalue weighted by Crippen LogP contribution is 2.41. The van der Waals surface area contributed by atoms with Gasteiger partial charge in [-0.1, -0.05) is 30.7 Å². The first-order chi connectivity index (χ1) is 19.4. The second kappa shape index (κ2) is 13.0. The monoisotopic (exact) mass is 582 g/mol. The minimum absolute atomic E-state index is 0.0994. The molecule has 11 heteroatoms. The van der Waals surface area contributed by atoms with Gasteiger partial charge in [0.15, 0.2) is 5.82 Å². The Morgan fingerprint density at radius 2 is 1.88 bits per heavy atom.